The van der Waals surface area contributed by atoms with Crippen LogP contribution < -0.4 is 11.1 Å². The van der Waals surface area contributed by atoms with E-state index in [1.807, 2.05) is 13.8 Å². The maximum absolute atomic E-state index is 10.7. The Morgan fingerprint density at radius 3 is 2.85 bits per heavy atom. The van der Waals surface area contributed by atoms with Gasteiger partial charge < -0.3 is 11.1 Å². The third-order valence-electron chi connectivity index (χ3n) is 1.13. The Bertz CT molecular complexity index is 241. The maximum atomic E-state index is 10.7. The minimum Gasteiger partial charge on any atom is -0.324 e. The van der Waals surface area contributed by atoms with Gasteiger partial charge in [-0.3, -0.25) is 9.78 Å². The minimum atomic E-state index is -0.210. The summed E-state index contributed by atoms with van der Waals surface area (Å²) in [5.74, 6) is -0.210. The first-order chi connectivity index (χ1) is 6.33. The van der Waals surface area contributed by atoms with E-state index in [1.54, 1.807) is 24.5 Å². The van der Waals surface area contributed by atoms with Gasteiger partial charge in [0, 0.05) is 7.62 Å². The average Bonchev–Trinajstić information content (AvgIpc) is 2.22. The highest BCUT2D eigenvalue weighted by molar-refractivity contribution is 5.91. The van der Waals surface area contributed by atoms with E-state index in [1.165, 1.54) is 0 Å². The van der Waals surface area contributed by atoms with Crippen LogP contribution in [0.1, 0.15) is 15.3 Å². The number of nitrogens with zero attached hydrogens (tertiary/aromatic N) is 1. The fraction of sp³-hybridized carbons (Fsp3) is 0.333. The monoisotopic (exact) mass is 183 g/mol. The number of pyridine rings is 1. The maximum Gasteiger partial charge on any atom is 0.238 e. The summed E-state index contributed by atoms with van der Waals surface area (Å²) in [5, 5.41) is 2.57. The molecule has 4 nitrogen and oxygen atoms in total. The molecular formula is C9H17N3O. The molecule has 74 valence electrons. The first kappa shape index (κ1) is 11.6. The molecule has 1 rings (SSSR count). The van der Waals surface area contributed by atoms with E-state index in [4.69, 9.17) is 5.73 Å². The molecule has 0 aliphatic rings. The molecule has 0 bridgehead atoms. The van der Waals surface area contributed by atoms with Crippen LogP contribution in [0.3, 0.4) is 0 Å². The fourth-order valence-electron chi connectivity index (χ4n) is 0.649. The molecule has 0 radical (unpaired) electrons. The zero-order valence-corrected chi connectivity index (χ0v) is 7.95. The normalized spacial score (nSPS) is 8.23. The van der Waals surface area contributed by atoms with Crippen LogP contribution in [0.5, 0.6) is 0 Å². The number of carbonyl (C=O) groups is 1. The van der Waals surface area contributed by atoms with Crippen molar-refractivity contribution in [2.75, 3.05) is 11.9 Å². The summed E-state index contributed by atoms with van der Waals surface area (Å²) in [5.41, 5.74) is 5.76. The zero-order chi connectivity index (χ0) is 10.1. The van der Waals surface area contributed by atoms with E-state index in [0.717, 1.165) is 0 Å². The third kappa shape index (κ3) is 4.92. The van der Waals surface area contributed by atoms with Gasteiger partial charge in [-0.2, -0.15) is 0 Å². The lowest BCUT2D eigenvalue weighted by Crippen LogP contribution is -2.21. The SMILES string of the molecule is CC.NCC(=O)Nc1cccnc1.[HH]. The lowest BCUT2D eigenvalue weighted by Gasteiger charge is -2.00. The molecule has 1 amide bonds. The van der Waals surface area contributed by atoms with Crippen LogP contribution in [0.15, 0.2) is 24.5 Å². The molecule has 0 saturated carbocycles. The fourth-order valence-corrected chi connectivity index (χ4v) is 0.649. The van der Waals surface area contributed by atoms with Crippen LogP contribution in [-0.4, -0.2) is 17.4 Å². The number of anilines is 1. The summed E-state index contributed by atoms with van der Waals surface area (Å²) < 4.78 is 0. The van der Waals surface area contributed by atoms with Gasteiger partial charge in [-0.05, 0) is 12.1 Å². The van der Waals surface area contributed by atoms with E-state index in [-0.39, 0.29) is 13.9 Å². The number of hydrogen-bond acceptors (Lipinski definition) is 3. The first-order valence-corrected chi connectivity index (χ1v) is 4.23. The summed E-state index contributed by atoms with van der Waals surface area (Å²) in [6.45, 7) is 3.99. The molecule has 0 atom stereocenters. The van der Waals surface area contributed by atoms with Gasteiger partial charge in [0.25, 0.3) is 0 Å². The number of rotatable bonds is 2. The van der Waals surface area contributed by atoms with Crippen molar-refractivity contribution in [3.63, 3.8) is 0 Å². The number of aromatic nitrogens is 1. The van der Waals surface area contributed by atoms with E-state index < -0.39 is 0 Å². The van der Waals surface area contributed by atoms with Gasteiger partial charge in [-0.25, -0.2) is 0 Å². The van der Waals surface area contributed by atoms with Gasteiger partial charge in [0.1, 0.15) is 0 Å². The Morgan fingerprint density at radius 1 is 1.69 bits per heavy atom. The van der Waals surface area contributed by atoms with E-state index in [9.17, 15) is 4.79 Å². The third-order valence-corrected chi connectivity index (χ3v) is 1.13. The van der Waals surface area contributed by atoms with Crippen molar-refractivity contribution in [3.05, 3.63) is 24.5 Å². The number of hydrogen-bond donors (Lipinski definition) is 2. The molecule has 0 aliphatic heterocycles. The Labute approximate surface area is 79.7 Å². The molecule has 1 aromatic heterocycles. The quantitative estimate of drug-likeness (QED) is 0.725. The van der Waals surface area contributed by atoms with Crippen LogP contribution in [0.25, 0.3) is 0 Å². The Hall–Kier alpha value is -1.42. The van der Waals surface area contributed by atoms with Gasteiger partial charge in [0.15, 0.2) is 0 Å². The summed E-state index contributed by atoms with van der Waals surface area (Å²) in [7, 11) is 0. The van der Waals surface area contributed by atoms with Crippen molar-refractivity contribution in [1.29, 1.82) is 0 Å². The second-order valence-corrected chi connectivity index (χ2v) is 1.99. The number of amides is 1. The van der Waals surface area contributed by atoms with Gasteiger partial charge in [0.2, 0.25) is 5.91 Å². The van der Waals surface area contributed by atoms with Gasteiger partial charge >= 0.3 is 0 Å². The second-order valence-electron chi connectivity index (χ2n) is 1.99. The summed E-state index contributed by atoms with van der Waals surface area (Å²) in [6.07, 6.45) is 3.20. The van der Waals surface area contributed by atoms with Crippen molar-refractivity contribution >= 4 is 11.6 Å². The highest BCUT2D eigenvalue weighted by Gasteiger charge is 1.96. The molecule has 3 N–H and O–H groups in total. The molecule has 0 unspecified atom stereocenters. The Kier molecular flexibility index (Phi) is 6.45. The van der Waals surface area contributed by atoms with Crippen LogP contribution in [0.2, 0.25) is 0 Å². The second kappa shape index (κ2) is 7.24. The molecule has 13 heavy (non-hydrogen) atoms. The van der Waals surface area contributed by atoms with Gasteiger partial charge in [0.05, 0.1) is 18.4 Å². The van der Waals surface area contributed by atoms with Gasteiger partial charge in [-0.15, -0.1) is 0 Å². The van der Waals surface area contributed by atoms with E-state index in [0.29, 0.717) is 5.69 Å². The molecule has 0 aliphatic carbocycles. The van der Waals surface area contributed by atoms with Crippen molar-refractivity contribution in [1.82, 2.24) is 4.98 Å². The Balaban J connectivity index is 0. The molecule has 0 aromatic carbocycles. The Morgan fingerprint density at radius 2 is 2.38 bits per heavy atom. The molecule has 1 heterocycles. The predicted octanol–water partition coefficient (Wildman–Crippen LogP) is 1.25. The number of nitrogens with two attached hydrogens (primary N) is 1. The van der Waals surface area contributed by atoms with Crippen molar-refractivity contribution in [3.8, 4) is 0 Å². The zero-order valence-electron chi connectivity index (χ0n) is 7.95. The largest absolute Gasteiger partial charge is 0.324 e. The summed E-state index contributed by atoms with van der Waals surface area (Å²) >= 11 is 0. The summed E-state index contributed by atoms with van der Waals surface area (Å²) in [6, 6.07) is 3.49. The number of nitrogens with one attached hydrogen (secondary N) is 1. The highest BCUT2D eigenvalue weighted by Crippen LogP contribution is 2.00. The molecule has 0 saturated heterocycles. The number of carbonyl (C=O) groups excluding carboxylic acids is 1. The molecular weight excluding hydrogens is 166 g/mol. The van der Waals surface area contributed by atoms with E-state index in [2.05, 4.69) is 10.3 Å². The molecule has 0 spiro atoms. The molecule has 1 aromatic rings. The summed E-state index contributed by atoms with van der Waals surface area (Å²) in [4.78, 5) is 14.5. The van der Waals surface area contributed by atoms with Crippen molar-refractivity contribution in [2.45, 2.75) is 13.8 Å². The van der Waals surface area contributed by atoms with Gasteiger partial charge in [-0.1, -0.05) is 13.8 Å². The first-order valence-electron chi connectivity index (χ1n) is 4.23. The molecule has 0 fully saturated rings. The van der Waals surface area contributed by atoms with E-state index >= 15 is 0 Å². The average molecular weight is 183 g/mol. The van der Waals surface area contributed by atoms with Crippen LogP contribution in [0, 0.1) is 0 Å². The predicted molar refractivity (Wildman–Crippen MR) is 55.4 cm³/mol. The van der Waals surface area contributed by atoms with Crippen molar-refractivity contribution < 1.29 is 6.22 Å². The van der Waals surface area contributed by atoms with Crippen LogP contribution in [-0.2, 0) is 4.79 Å². The smallest absolute Gasteiger partial charge is 0.238 e. The molecule has 4 heteroatoms. The topological polar surface area (TPSA) is 68.0 Å². The lowest BCUT2D eigenvalue weighted by atomic mass is 10.4. The van der Waals surface area contributed by atoms with Crippen LogP contribution >= 0.6 is 0 Å². The van der Waals surface area contributed by atoms with Crippen molar-refractivity contribution in [2.24, 2.45) is 5.73 Å². The standard InChI is InChI=1S/C7H9N3O.C2H6.H2/c8-4-7(11)10-6-2-1-3-9-5-6;1-2;/h1-3,5H,4,8H2,(H,10,11);1-2H3;1H. The minimum absolute atomic E-state index is 0. The van der Waals surface area contributed by atoms with Crippen LogP contribution in [0.4, 0.5) is 5.69 Å². The lowest BCUT2D eigenvalue weighted by molar-refractivity contribution is -0.114. The highest BCUT2D eigenvalue weighted by atomic mass is 16.1.